The minimum Gasteiger partial charge on any atom is -0.373 e. The molecule has 0 aliphatic rings. The van der Waals surface area contributed by atoms with Crippen molar-refractivity contribution < 1.29 is 9.90 Å². The fourth-order valence-corrected chi connectivity index (χ4v) is 2.16. The Balaban J connectivity index is 2.64. The summed E-state index contributed by atoms with van der Waals surface area (Å²) in [5.74, 6) is 0. The summed E-state index contributed by atoms with van der Waals surface area (Å²) in [5, 5.41) is 11.1. The zero-order valence-corrected chi connectivity index (χ0v) is 10.7. The first kappa shape index (κ1) is 12.8. The zero-order chi connectivity index (χ0) is 13.2. The van der Waals surface area contributed by atoms with Gasteiger partial charge in [0.25, 0.3) is 0 Å². The van der Waals surface area contributed by atoms with Gasteiger partial charge in [-0.25, -0.2) is 0 Å². The minimum absolute atomic E-state index is 0.492. The average Bonchev–Trinajstić information content (AvgIpc) is 2.41. The van der Waals surface area contributed by atoms with Crippen LogP contribution in [0.2, 0.25) is 5.02 Å². The largest absolute Gasteiger partial charge is 0.373 e. The molecule has 0 fully saturated rings. The van der Waals surface area contributed by atoms with E-state index in [1.807, 2.05) is 13.0 Å². The SMILES string of the molecule is Cc1ccc(Cl)cc1C(O)(C=O)c1ccccc1. The highest BCUT2D eigenvalue weighted by molar-refractivity contribution is 6.30. The van der Waals surface area contributed by atoms with Crippen molar-refractivity contribution in [3.8, 4) is 0 Å². The Hall–Kier alpha value is -1.64. The van der Waals surface area contributed by atoms with Crippen LogP contribution in [-0.2, 0) is 10.4 Å². The second kappa shape index (κ2) is 4.92. The highest BCUT2D eigenvalue weighted by Crippen LogP contribution is 2.31. The lowest BCUT2D eigenvalue weighted by Gasteiger charge is -2.24. The quantitative estimate of drug-likeness (QED) is 0.861. The Kier molecular flexibility index (Phi) is 3.50. The van der Waals surface area contributed by atoms with Gasteiger partial charge >= 0.3 is 0 Å². The van der Waals surface area contributed by atoms with E-state index in [-0.39, 0.29) is 0 Å². The van der Waals surface area contributed by atoms with Crippen LogP contribution < -0.4 is 0 Å². The van der Waals surface area contributed by atoms with E-state index in [1.54, 1.807) is 42.5 Å². The molecule has 0 amide bonds. The molecular weight excluding hydrogens is 248 g/mol. The van der Waals surface area contributed by atoms with Crippen molar-refractivity contribution in [2.24, 2.45) is 0 Å². The smallest absolute Gasteiger partial charge is 0.170 e. The molecular formula is C15H13ClO2. The fraction of sp³-hybridized carbons (Fsp3) is 0.133. The molecule has 0 bridgehead atoms. The summed E-state index contributed by atoms with van der Waals surface area (Å²) in [4.78, 5) is 11.4. The Bertz CT molecular complexity index is 566. The predicted molar refractivity (Wildman–Crippen MR) is 71.7 cm³/mol. The molecule has 2 aromatic carbocycles. The molecule has 92 valence electrons. The average molecular weight is 261 g/mol. The predicted octanol–water partition coefficient (Wildman–Crippen LogP) is 3.08. The second-order valence-corrected chi connectivity index (χ2v) is 4.65. The molecule has 0 spiro atoms. The van der Waals surface area contributed by atoms with E-state index in [1.165, 1.54) is 0 Å². The molecule has 2 rings (SSSR count). The molecule has 0 aromatic heterocycles. The van der Waals surface area contributed by atoms with Crippen LogP contribution in [-0.4, -0.2) is 11.4 Å². The molecule has 0 saturated carbocycles. The summed E-state index contributed by atoms with van der Waals surface area (Å²) in [7, 11) is 0. The van der Waals surface area contributed by atoms with E-state index < -0.39 is 5.60 Å². The van der Waals surface area contributed by atoms with Gasteiger partial charge in [0, 0.05) is 5.02 Å². The molecule has 0 aliphatic heterocycles. The number of aryl methyl sites for hydroxylation is 1. The maximum absolute atomic E-state index is 11.4. The number of carbonyl (C=O) groups is 1. The summed E-state index contributed by atoms with van der Waals surface area (Å²) < 4.78 is 0. The Morgan fingerprint density at radius 2 is 1.83 bits per heavy atom. The second-order valence-electron chi connectivity index (χ2n) is 4.21. The molecule has 0 radical (unpaired) electrons. The van der Waals surface area contributed by atoms with E-state index >= 15 is 0 Å². The number of aliphatic hydroxyl groups is 1. The van der Waals surface area contributed by atoms with Gasteiger partial charge in [0.05, 0.1) is 0 Å². The number of hydrogen-bond acceptors (Lipinski definition) is 2. The normalized spacial score (nSPS) is 13.9. The molecule has 0 aliphatic carbocycles. The lowest BCUT2D eigenvalue weighted by Crippen LogP contribution is -2.30. The van der Waals surface area contributed by atoms with Crippen molar-refractivity contribution in [3.63, 3.8) is 0 Å². The first-order chi connectivity index (χ1) is 8.58. The number of rotatable bonds is 3. The van der Waals surface area contributed by atoms with Gasteiger partial charge in [-0.15, -0.1) is 0 Å². The van der Waals surface area contributed by atoms with Crippen molar-refractivity contribution in [1.29, 1.82) is 0 Å². The van der Waals surface area contributed by atoms with Crippen LogP contribution in [0.15, 0.2) is 48.5 Å². The van der Waals surface area contributed by atoms with Gasteiger partial charge in [-0.3, -0.25) is 4.79 Å². The molecule has 2 nitrogen and oxygen atoms in total. The van der Waals surface area contributed by atoms with E-state index in [2.05, 4.69) is 0 Å². The lowest BCUT2D eigenvalue weighted by atomic mass is 9.85. The van der Waals surface area contributed by atoms with Crippen LogP contribution in [0.5, 0.6) is 0 Å². The zero-order valence-electron chi connectivity index (χ0n) is 9.93. The lowest BCUT2D eigenvalue weighted by molar-refractivity contribution is -0.121. The first-order valence-electron chi connectivity index (χ1n) is 5.59. The van der Waals surface area contributed by atoms with E-state index in [0.717, 1.165) is 5.56 Å². The van der Waals surface area contributed by atoms with Gasteiger partial charge in [0.2, 0.25) is 0 Å². The molecule has 0 heterocycles. The topological polar surface area (TPSA) is 37.3 Å². The summed E-state index contributed by atoms with van der Waals surface area (Å²) in [6, 6.07) is 14.0. The molecule has 18 heavy (non-hydrogen) atoms. The van der Waals surface area contributed by atoms with Crippen molar-refractivity contribution >= 4 is 17.9 Å². The van der Waals surface area contributed by atoms with Gasteiger partial charge in [-0.2, -0.15) is 0 Å². The maximum atomic E-state index is 11.4. The van der Waals surface area contributed by atoms with E-state index in [9.17, 15) is 9.90 Å². The highest BCUT2D eigenvalue weighted by Gasteiger charge is 2.32. The minimum atomic E-state index is -1.66. The van der Waals surface area contributed by atoms with Gasteiger partial charge in [0.15, 0.2) is 11.9 Å². The van der Waals surface area contributed by atoms with Crippen LogP contribution in [0.3, 0.4) is 0 Å². The molecule has 2 aromatic rings. The van der Waals surface area contributed by atoms with Crippen LogP contribution in [0.1, 0.15) is 16.7 Å². The summed E-state index contributed by atoms with van der Waals surface area (Å²) in [5.41, 5.74) is 0.204. The van der Waals surface area contributed by atoms with Gasteiger partial charge in [-0.1, -0.05) is 48.0 Å². The van der Waals surface area contributed by atoms with Crippen LogP contribution in [0.25, 0.3) is 0 Å². The number of halogens is 1. The van der Waals surface area contributed by atoms with Crippen molar-refractivity contribution in [3.05, 3.63) is 70.2 Å². The molecule has 3 heteroatoms. The van der Waals surface area contributed by atoms with Gasteiger partial charge in [-0.05, 0) is 35.7 Å². The van der Waals surface area contributed by atoms with Gasteiger partial charge in [0.1, 0.15) is 0 Å². The first-order valence-corrected chi connectivity index (χ1v) is 5.96. The third-order valence-electron chi connectivity index (χ3n) is 2.99. The van der Waals surface area contributed by atoms with Gasteiger partial charge < -0.3 is 5.11 Å². The van der Waals surface area contributed by atoms with Crippen LogP contribution >= 0.6 is 11.6 Å². The standard InChI is InChI=1S/C15H13ClO2/c1-11-7-8-13(16)9-14(11)15(18,10-17)12-5-3-2-4-6-12/h2-10,18H,1H3. The molecule has 1 N–H and O–H groups in total. The van der Waals surface area contributed by atoms with Crippen LogP contribution in [0.4, 0.5) is 0 Å². The van der Waals surface area contributed by atoms with Crippen LogP contribution in [0, 0.1) is 6.92 Å². The van der Waals surface area contributed by atoms with E-state index in [4.69, 9.17) is 11.6 Å². The summed E-state index contributed by atoms with van der Waals surface area (Å²) >= 11 is 5.94. The van der Waals surface area contributed by atoms with Crippen molar-refractivity contribution in [2.75, 3.05) is 0 Å². The Morgan fingerprint density at radius 3 is 2.44 bits per heavy atom. The Morgan fingerprint density at radius 1 is 1.17 bits per heavy atom. The van der Waals surface area contributed by atoms with E-state index in [0.29, 0.717) is 22.4 Å². The molecule has 0 saturated heterocycles. The summed E-state index contributed by atoms with van der Waals surface area (Å²) in [6.45, 7) is 1.84. The number of benzene rings is 2. The fourth-order valence-electron chi connectivity index (χ4n) is 1.98. The number of aldehydes is 1. The van der Waals surface area contributed by atoms with Crippen molar-refractivity contribution in [1.82, 2.24) is 0 Å². The summed E-state index contributed by atoms with van der Waals surface area (Å²) in [6.07, 6.45) is 0.543. The maximum Gasteiger partial charge on any atom is 0.170 e. The number of hydrogen-bond donors (Lipinski definition) is 1. The third-order valence-corrected chi connectivity index (χ3v) is 3.23. The third kappa shape index (κ3) is 2.17. The highest BCUT2D eigenvalue weighted by atomic mass is 35.5. The molecule has 1 unspecified atom stereocenters. The molecule has 1 atom stereocenters. The Labute approximate surface area is 111 Å². The number of carbonyl (C=O) groups excluding carboxylic acids is 1. The van der Waals surface area contributed by atoms with Crippen molar-refractivity contribution in [2.45, 2.75) is 12.5 Å². The monoisotopic (exact) mass is 260 g/mol.